The molecule has 0 unspecified atom stereocenters. The van der Waals surface area contributed by atoms with E-state index in [0.29, 0.717) is 24.0 Å². The van der Waals surface area contributed by atoms with E-state index in [-0.39, 0.29) is 63.4 Å². The molecular weight excluding hydrogens is 686 g/mol. The SMILES string of the molecule is NC(N)=NCCC[C@@H]1NC(=O)[C@@H]2CCCN2C(=O)[C@@H](NC=O)CNC(=O)/C=C/[C@H](Cc2ccc(O)cc2)NC(=O)[C@@H](Cc2ccccc2)NC(=O)[C@H]1O. The molecule has 53 heavy (non-hydrogen) atoms. The van der Waals surface area contributed by atoms with Crippen LogP contribution >= 0.6 is 0 Å². The molecule has 0 aliphatic carbocycles. The van der Waals surface area contributed by atoms with Crippen molar-refractivity contribution in [3.8, 4) is 5.75 Å². The normalized spacial score (nSPS) is 25.2. The molecule has 1 fully saturated rings. The van der Waals surface area contributed by atoms with Crippen molar-refractivity contribution in [3.05, 3.63) is 77.9 Å². The summed E-state index contributed by atoms with van der Waals surface area (Å²) >= 11 is 0. The van der Waals surface area contributed by atoms with E-state index >= 15 is 0 Å². The first kappa shape index (κ1) is 39.8. The maximum atomic E-state index is 14.0. The van der Waals surface area contributed by atoms with Crippen molar-refractivity contribution in [2.24, 2.45) is 16.5 Å². The molecule has 17 nitrogen and oxygen atoms in total. The minimum absolute atomic E-state index is 0.0348. The molecule has 0 aromatic heterocycles. The van der Waals surface area contributed by atoms with Crippen LogP contribution in [-0.2, 0) is 41.6 Å². The molecule has 0 spiro atoms. The number of hydrogen-bond donors (Lipinski definition) is 9. The Kier molecular flexibility index (Phi) is 14.7. The number of carbonyl (C=O) groups is 6. The summed E-state index contributed by atoms with van der Waals surface area (Å²) in [5.41, 5.74) is 12.3. The Morgan fingerprint density at radius 2 is 1.64 bits per heavy atom. The maximum absolute atomic E-state index is 14.0. The predicted octanol–water partition coefficient (Wildman–Crippen LogP) is -2.16. The first-order valence-corrected chi connectivity index (χ1v) is 17.4. The van der Waals surface area contributed by atoms with Crippen LogP contribution in [-0.4, -0.2) is 113 Å². The van der Waals surface area contributed by atoms with Crippen LogP contribution in [0.5, 0.6) is 5.75 Å². The monoisotopic (exact) mass is 733 g/mol. The molecule has 4 rings (SSSR count). The van der Waals surface area contributed by atoms with Crippen molar-refractivity contribution >= 4 is 41.9 Å². The minimum Gasteiger partial charge on any atom is -0.508 e. The number of phenolic OH excluding ortho intramolecular Hbond substituents is 1. The maximum Gasteiger partial charge on any atom is 0.251 e. The van der Waals surface area contributed by atoms with Crippen molar-refractivity contribution in [2.45, 2.75) is 74.8 Å². The Labute approximate surface area is 306 Å². The van der Waals surface area contributed by atoms with Crippen LogP contribution in [0.25, 0.3) is 0 Å². The molecule has 284 valence electrons. The van der Waals surface area contributed by atoms with Crippen LogP contribution in [0.2, 0.25) is 0 Å². The predicted molar refractivity (Wildman–Crippen MR) is 194 cm³/mol. The molecular formula is C36H47N9O8. The number of rotatable bonds is 10. The van der Waals surface area contributed by atoms with Crippen molar-refractivity contribution in [3.63, 3.8) is 0 Å². The largest absolute Gasteiger partial charge is 0.508 e. The van der Waals surface area contributed by atoms with Gasteiger partial charge in [-0.1, -0.05) is 48.5 Å². The van der Waals surface area contributed by atoms with E-state index < -0.39 is 65.8 Å². The molecule has 0 radical (unpaired) electrons. The zero-order valence-electron chi connectivity index (χ0n) is 29.1. The average Bonchev–Trinajstić information content (AvgIpc) is 3.64. The second-order valence-electron chi connectivity index (χ2n) is 12.9. The number of amides is 6. The number of phenols is 1. The Hall–Kier alpha value is -5.97. The number of carbonyl (C=O) groups excluding carboxylic acids is 6. The van der Waals surface area contributed by atoms with E-state index in [0.717, 1.165) is 0 Å². The molecule has 1 saturated heterocycles. The second-order valence-corrected chi connectivity index (χ2v) is 12.9. The number of aliphatic hydroxyl groups is 1. The fourth-order valence-corrected chi connectivity index (χ4v) is 6.21. The lowest BCUT2D eigenvalue weighted by atomic mass is 10.0. The fraction of sp³-hybridized carbons (Fsp3) is 0.417. The number of fused-ring (bicyclic) bond motifs is 1. The number of hydrogen-bond acceptors (Lipinski definition) is 9. The van der Waals surface area contributed by atoms with E-state index in [4.69, 9.17) is 11.5 Å². The smallest absolute Gasteiger partial charge is 0.251 e. The van der Waals surface area contributed by atoms with Crippen LogP contribution in [0.15, 0.2) is 71.7 Å². The quantitative estimate of drug-likeness (QED) is 0.0552. The zero-order valence-corrected chi connectivity index (χ0v) is 29.1. The second kappa shape index (κ2) is 19.6. The van der Waals surface area contributed by atoms with Gasteiger partial charge in [-0.05, 0) is 55.4 Å². The highest BCUT2D eigenvalue weighted by Crippen LogP contribution is 2.20. The van der Waals surface area contributed by atoms with Crippen molar-refractivity contribution < 1.29 is 39.0 Å². The Balaban J connectivity index is 1.71. The molecule has 0 saturated carbocycles. The summed E-state index contributed by atoms with van der Waals surface area (Å²) in [6, 6.07) is 9.76. The molecule has 0 bridgehead atoms. The van der Waals surface area contributed by atoms with Crippen LogP contribution < -0.4 is 38.1 Å². The van der Waals surface area contributed by atoms with Crippen LogP contribution in [0.4, 0.5) is 0 Å². The van der Waals surface area contributed by atoms with Crippen LogP contribution in [0.3, 0.4) is 0 Å². The summed E-state index contributed by atoms with van der Waals surface area (Å²) in [4.78, 5) is 84.7. The summed E-state index contributed by atoms with van der Waals surface area (Å²) in [6.45, 7) is 0.0228. The molecule has 6 amide bonds. The molecule has 2 aliphatic heterocycles. The van der Waals surface area contributed by atoms with Gasteiger partial charge in [0.2, 0.25) is 30.0 Å². The number of benzene rings is 2. The van der Waals surface area contributed by atoms with Gasteiger partial charge in [0.05, 0.1) is 12.1 Å². The minimum atomic E-state index is -1.84. The highest BCUT2D eigenvalue weighted by Gasteiger charge is 2.39. The molecule has 2 aliphatic rings. The summed E-state index contributed by atoms with van der Waals surface area (Å²) in [6.07, 6.45) is 2.35. The summed E-state index contributed by atoms with van der Waals surface area (Å²) in [7, 11) is 0. The highest BCUT2D eigenvalue weighted by molar-refractivity contribution is 5.94. The van der Waals surface area contributed by atoms with Gasteiger partial charge in [0.1, 0.15) is 23.9 Å². The van der Waals surface area contributed by atoms with E-state index in [2.05, 4.69) is 31.6 Å². The van der Waals surface area contributed by atoms with Gasteiger partial charge in [0.25, 0.3) is 5.91 Å². The number of guanidine groups is 1. The number of aliphatic imine (C=N–C) groups is 1. The number of aliphatic hydroxyl groups excluding tert-OH is 1. The van der Waals surface area contributed by atoms with Gasteiger partial charge in [-0.3, -0.25) is 33.8 Å². The summed E-state index contributed by atoms with van der Waals surface area (Å²) in [5.74, 6) is -3.56. The van der Waals surface area contributed by atoms with Gasteiger partial charge < -0.3 is 53.2 Å². The number of nitrogens with two attached hydrogens (primary N) is 2. The van der Waals surface area contributed by atoms with Crippen LogP contribution in [0, 0.1) is 0 Å². The number of nitrogens with one attached hydrogen (secondary N) is 5. The van der Waals surface area contributed by atoms with E-state index in [1.807, 2.05) is 0 Å². The van der Waals surface area contributed by atoms with Crippen molar-refractivity contribution in [2.75, 3.05) is 19.6 Å². The number of nitrogens with zero attached hydrogens (tertiary/aromatic N) is 2. The van der Waals surface area contributed by atoms with E-state index in [1.165, 1.54) is 29.2 Å². The van der Waals surface area contributed by atoms with Gasteiger partial charge in [-0.15, -0.1) is 0 Å². The van der Waals surface area contributed by atoms with E-state index in [1.54, 1.807) is 42.5 Å². The Morgan fingerprint density at radius 3 is 2.34 bits per heavy atom. The molecule has 2 heterocycles. The first-order chi connectivity index (χ1) is 25.4. The standard InChI is InChI=1S/C36H47N9O8/c37-36(38)39-16-4-8-26-31(49)34(52)44-27(19-22-6-2-1-3-7-22)32(50)42-24(18-23-10-13-25(47)14-11-23)12-15-30(48)40-20-28(41-21-46)35(53)45-17-5-9-29(45)33(51)43-26/h1-3,6-7,10-15,21,24,26-29,31,47,49H,4-5,8-9,16-20H2,(H,40,48)(H,41,46)(H,42,50)(H,43,51)(H,44,52)(H4,37,38,39)/b15-12+/t24-,26+,27-,28+,29+,31+/m1/s1. The highest BCUT2D eigenvalue weighted by atomic mass is 16.3. The lowest BCUT2D eigenvalue weighted by Crippen LogP contribution is -2.59. The fourth-order valence-electron chi connectivity index (χ4n) is 6.21. The average molecular weight is 734 g/mol. The lowest BCUT2D eigenvalue weighted by molar-refractivity contribution is -0.142. The summed E-state index contributed by atoms with van der Waals surface area (Å²) in [5, 5.41) is 34.4. The Morgan fingerprint density at radius 1 is 0.925 bits per heavy atom. The van der Waals surface area contributed by atoms with Crippen molar-refractivity contribution in [1.82, 2.24) is 31.5 Å². The third kappa shape index (κ3) is 12.1. The van der Waals surface area contributed by atoms with Crippen molar-refractivity contribution in [1.29, 1.82) is 0 Å². The van der Waals surface area contributed by atoms with Gasteiger partial charge in [-0.25, -0.2) is 0 Å². The molecule has 2 aromatic carbocycles. The lowest BCUT2D eigenvalue weighted by Gasteiger charge is -2.31. The molecule has 17 heteroatoms. The first-order valence-electron chi connectivity index (χ1n) is 17.4. The number of aromatic hydroxyl groups is 1. The topological polar surface area (TPSA) is 271 Å². The third-order valence-electron chi connectivity index (χ3n) is 8.95. The van der Waals surface area contributed by atoms with Crippen LogP contribution in [0.1, 0.15) is 36.8 Å². The van der Waals surface area contributed by atoms with Gasteiger partial charge in [0, 0.05) is 32.1 Å². The van der Waals surface area contributed by atoms with Gasteiger partial charge in [0.15, 0.2) is 12.1 Å². The third-order valence-corrected chi connectivity index (χ3v) is 8.95. The summed E-state index contributed by atoms with van der Waals surface area (Å²) < 4.78 is 0. The van der Waals surface area contributed by atoms with Gasteiger partial charge >= 0.3 is 0 Å². The molecule has 11 N–H and O–H groups in total. The molecule has 2 aromatic rings. The molecule has 6 atom stereocenters. The van der Waals surface area contributed by atoms with Gasteiger partial charge in [-0.2, -0.15) is 0 Å². The van der Waals surface area contributed by atoms with E-state index in [9.17, 15) is 39.0 Å². The zero-order chi connectivity index (χ0) is 38.3. The Bertz CT molecular complexity index is 1650.